The maximum atomic E-state index is 14.1. The Bertz CT molecular complexity index is 1120. The molecule has 0 amide bonds. The lowest BCUT2D eigenvalue weighted by Crippen LogP contribution is -2.29. The fourth-order valence-corrected chi connectivity index (χ4v) is 4.68. The quantitative estimate of drug-likeness (QED) is 0.656. The van der Waals surface area contributed by atoms with Crippen molar-refractivity contribution in [2.24, 2.45) is 0 Å². The van der Waals surface area contributed by atoms with Gasteiger partial charge in [0, 0.05) is 5.56 Å². The highest BCUT2D eigenvalue weighted by Gasteiger charge is 2.51. The predicted octanol–water partition coefficient (Wildman–Crippen LogP) is 3.39. The molecule has 0 saturated heterocycles. The van der Waals surface area contributed by atoms with Crippen molar-refractivity contribution in [2.75, 3.05) is 0 Å². The van der Waals surface area contributed by atoms with E-state index < -0.39 is 38.9 Å². The SMILES string of the molecule is O=S1(=O)OC(c2ccc(O)c(F)c2)(c2ccc(O)c(F)c2)c2ccccc21. The van der Waals surface area contributed by atoms with E-state index in [4.69, 9.17) is 4.18 Å². The van der Waals surface area contributed by atoms with Gasteiger partial charge < -0.3 is 10.2 Å². The van der Waals surface area contributed by atoms with Gasteiger partial charge in [0.25, 0.3) is 10.1 Å². The Labute approximate surface area is 153 Å². The Balaban J connectivity index is 2.12. The summed E-state index contributed by atoms with van der Waals surface area (Å²) < 4.78 is 58.8. The second-order valence-electron chi connectivity index (χ2n) is 6.05. The van der Waals surface area contributed by atoms with Gasteiger partial charge in [-0.1, -0.05) is 30.3 Å². The molecule has 2 N–H and O–H groups in total. The number of halogens is 2. The molecule has 0 atom stereocenters. The summed E-state index contributed by atoms with van der Waals surface area (Å²) in [5, 5.41) is 19.0. The van der Waals surface area contributed by atoms with Crippen LogP contribution in [0.5, 0.6) is 11.5 Å². The lowest BCUT2D eigenvalue weighted by molar-refractivity contribution is 0.179. The summed E-state index contributed by atoms with van der Waals surface area (Å²) in [6.07, 6.45) is 0. The van der Waals surface area contributed by atoms with E-state index in [1.54, 1.807) is 6.07 Å². The molecule has 3 aromatic rings. The van der Waals surface area contributed by atoms with Crippen LogP contribution in [0.3, 0.4) is 0 Å². The van der Waals surface area contributed by atoms with Gasteiger partial charge in [-0.15, -0.1) is 0 Å². The summed E-state index contributed by atoms with van der Waals surface area (Å²) >= 11 is 0. The molecule has 4 rings (SSSR count). The van der Waals surface area contributed by atoms with E-state index in [1.165, 1.54) is 30.3 Å². The van der Waals surface area contributed by atoms with E-state index in [1.807, 2.05) is 0 Å². The van der Waals surface area contributed by atoms with E-state index in [-0.39, 0.29) is 21.6 Å². The molecule has 0 radical (unpaired) electrons. The average Bonchev–Trinajstić information content (AvgIpc) is 2.89. The maximum Gasteiger partial charge on any atom is 0.298 e. The minimum absolute atomic E-state index is 0.0383. The second-order valence-corrected chi connectivity index (χ2v) is 7.56. The number of phenolic OH excluding ortho intramolecular Hbond substituents is 2. The van der Waals surface area contributed by atoms with Crippen LogP contribution < -0.4 is 0 Å². The fraction of sp³-hybridized carbons (Fsp3) is 0.0526. The van der Waals surface area contributed by atoms with Crippen LogP contribution in [0.15, 0.2) is 65.6 Å². The average molecular weight is 390 g/mol. The van der Waals surface area contributed by atoms with Crippen molar-refractivity contribution in [3.05, 3.63) is 89.0 Å². The molecule has 8 heteroatoms. The molecule has 0 aliphatic carbocycles. The molecule has 5 nitrogen and oxygen atoms in total. The number of aromatic hydroxyl groups is 2. The van der Waals surface area contributed by atoms with Gasteiger partial charge in [-0.05, 0) is 41.5 Å². The monoisotopic (exact) mass is 390 g/mol. The van der Waals surface area contributed by atoms with Crippen LogP contribution in [-0.4, -0.2) is 18.6 Å². The third kappa shape index (κ3) is 2.48. The molecule has 0 fully saturated rings. The first-order valence-corrected chi connectivity index (χ1v) is 9.20. The zero-order valence-corrected chi connectivity index (χ0v) is 14.4. The lowest BCUT2D eigenvalue weighted by atomic mass is 9.80. The smallest absolute Gasteiger partial charge is 0.298 e. The van der Waals surface area contributed by atoms with Gasteiger partial charge >= 0.3 is 0 Å². The van der Waals surface area contributed by atoms with Crippen molar-refractivity contribution in [1.82, 2.24) is 0 Å². The van der Waals surface area contributed by atoms with Gasteiger partial charge in [0.05, 0.1) is 0 Å². The summed E-state index contributed by atoms with van der Waals surface area (Å²) in [7, 11) is -4.23. The molecule has 3 aromatic carbocycles. The number of hydrogen-bond acceptors (Lipinski definition) is 5. The number of phenols is 2. The van der Waals surface area contributed by atoms with Crippen molar-refractivity contribution >= 4 is 10.1 Å². The van der Waals surface area contributed by atoms with Gasteiger partial charge in [-0.3, -0.25) is 0 Å². The molecule has 0 bridgehead atoms. The Morgan fingerprint density at radius 2 is 1.33 bits per heavy atom. The number of benzene rings is 3. The summed E-state index contributed by atoms with van der Waals surface area (Å²) in [6.45, 7) is 0. The summed E-state index contributed by atoms with van der Waals surface area (Å²) in [6, 6.07) is 12.4. The van der Waals surface area contributed by atoms with Gasteiger partial charge in [0.2, 0.25) is 0 Å². The van der Waals surface area contributed by atoms with Gasteiger partial charge in [-0.25, -0.2) is 13.0 Å². The number of hydrogen-bond donors (Lipinski definition) is 2. The zero-order chi connectivity index (χ0) is 19.4. The van der Waals surface area contributed by atoms with Crippen LogP contribution in [0.4, 0.5) is 8.78 Å². The lowest BCUT2D eigenvalue weighted by Gasteiger charge is -2.29. The topological polar surface area (TPSA) is 83.8 Å². The van der Waals surface area contributed by atoms with Crippen LogP contribution in [-0.2, 0) is 19.9 Å². The Hall–Kier alpha value is -2.97. The molecule has 1 heterocycles. The second kappa shape index (κ2) is 5.77. The summed E-state index contributed by atoms with van der Waals surface area (Å²) in [5.74, 6) is -3.23. The first-order valence-electron chi connectivity index (χ1n) is 7.79. The highest BCUT2D eigenvalue weighted by atomic mass is 32.2. The van der Waals surface area contributed by atoms with Crippen LogP contribution in [0.25, 0.3) is 0 Å². The third-order valence-corrected chi connectivity index (χ3v) is 5.84. The van der Waals surface area contributed by atoms with Crippen molar-refractivity contribution in [3.63, 3.8) is 0 Å². The molecule has 0 saturated carbocycles. The van der Waals surface area contributed by atoms with Gasteiger partial charge in [0.15, 0.2) is 28.7 Å². The molecule has 0 unspecified atom stereocenters. The molecule has 138 valence electrons. The van der Waals surface area contributed by atoms with Crippen LogP contribution >= 0.6 is 0 Å². The van der Waals surface area contributed by atoms with E-state index in [0.717, 1.165) is 24.3 Å². The molecular weight excluding hydrogens is 378 g/mol. The van der Waals surface area contributed by atoms with Crippen molar-refractivity contribution < 1.29 is 31.6 Å². The maximum absolute atomic E-state index is 14.1. The first-order chi connectivity index (χ1) is 12.8. The highest BCUT2D eigenvalue weighted by Crippen LogP contribution is 2.50. The predicted molar refractivity (Wildman–Crippen MR) is 90.7 cm³/mol. The fourth-order valence-electron chi connectivity index (χ4n) is 3.26. The van der Waals surface area contributed by atoms with Crippen LogP contribution in [0.2, 0.25) is 0 Å². The first kappa shape index (κ1) is 17.4. The van der Waals surface area contributed by atoms with E-state index in [0.29, 0.717) is 0 Å². The van der Waals surface area contributed by atoms with E-state index >= 15 is 0 Å². The zero-order valence-electron chi connectivity index (χ0n) is 13.6. The molecule has 0 aromatic heterocycles. The van der Waals surface area contributed by atoms with Gasteiger partial charge in [-0.2, -0.15) is 8.42 Å². The summed E-state index contributed by atoms with van der Waals surface area (Å²) in [5.41, 5.74) is -1.63. The van der Waals surface area contributed by atoms with E-state index in [2.05, 4.69) is 0 Å². The standard InChI is InChI=1S/C19H12F2O5S/c20-14-9-11(5-7-16(14)22)19(12-6-8-17(23)15(21)10-12)13-3-1-2-4-18(13)27(24,25)26-19/h1-10,22-23H. The van der Waals surface area contributed by atoms with Crippen LogP contribution in [0, 0.1) is 11.6 Å². The Morgan fingerprint density at radius 3 is 1.85 bits per heavy atom. The Kier molecular flexibility index (Phi) is 3.72. The molecule has 1 aliphatic rings. The normalized spacial score (nSPS) is 16.8. The number of rotatable bonds is 2. The number of fused-ring (bicyclic) bond motifs is 1. The van der Waals surface area contributed by atoms with Crippen LogP contribution in [0.1, 0.15) is 16.7 Å². The molecule has 1 aliphatic heterocycles. The summed E-state index contributed by atoms with van der Waals surface area (Å²) in [4.78, 5) is -0.132. The van der Waals surface area contributed by atoms with Crippen molar-refractivity contribution in [2.45, 2.75) is 10.5 Å². The van der Waals surface area contributed by atoms with E-state index in [9.17, 15) is 27.4 Å². The van der Waals surface area contributed by atoms with Crippen molar-refractivity contribution in [1.29, 1.82) is 0 Å². The Morgan fingerprint density at radius 1 is 0.815 bits per heavy atom. The molecular formula is C19H12F2O5S. The third-order valence-electron chi connectivity index (χ3n) is 4.48. The minimum Gasteiger partial charge on any atom is -0.505 e. The van der Waals surface area contributed by atoms with Crippen molar-refractivity contribution in [3.8, 4) is 11.5 Å². The van der Waals surface area contributed by atoms with Gasteiger partial charge in [0.1, 0.15) is 4.90 Å². The highest BCUT2D eigenvalue weighted by molar-refractivity contribution is 7.87. The largest absolute Gasteiger partial charge is 0.505 e. The molecule has 27 heavy (non-hydrogen) atoms. The minimum atomic E-state index is -4.23. The molecule has 0 spiro atoms.